The number of carboxylic acid groups (broad SMARTS) is 1. The lowest BCUT2D eigenvalue weighted by atomic mass is 9.82. The number of benzene rings is 2. The molecular formula is C21H23NO3. The second kappa shape index (κ2) is 6.71. The highest BCUT2D eigenvalue weighted by molar-refractivity contribution is 5.87. The average Bonchev–Trinajstić information content (AvgIpc) is 3.41. The van der Waals surface area contributed by atoms with Crippen molar-refractivity contribution in [3.63, 3.8) is 0 Å². The molecule has 0 aliphatic heterocycles. The zero-order valence-corrected chi connectivity index (χ0v) is 14.4. The molecule has 0 aromatic heterocycles. The molecule has 4 nitrogen and oxygen atoms in total. The van der Waals surface area contributed by atoms with Crippen molar-refractivity contribution in [2.24, 2.45) is 5.41 Å². The molecule has 1 aliphatic carbocycles. The van der Waals surface area contributed by atoms with Gasteiger partial charge in [-0.15, -0.1) is 0 Å². The minimum Gasteiger partial charge on any atom is -0.481 e. The SMILES string of the molecule is CC(CNC(=O)C1(Cc2ccccc2)CC1)(C(=O)O)c1ccccc1. The second-order valence-corrected chi connectivity index (χ2v) is 7.13. The predicted molar refractivity (Wildman–Crippen MR) is 96.3 cm³/mol. The van der Waals surface area contributed by atoms with Crippen LogP contribution in [0.5, 0.6) is 0 Å². The van der Waals surface area contributed by atoms with Gasteiger partial charge in [0, 0.05) is 6.54 Å². The molecule has 1 atom stereocenters. The number of carbonyl (C=O) groups excluding carboxylic acids is 1. The second-order valence-electron chi connectivity index (χ2n) is 7.13. The minimum atomic E-state index is -1.14. The van der Waals surface area contributed by atoms with Crippen LogP contribution in [-0.2, 0) is 21.4 Å². The molecule has 1 saturated carbocycles. The van der Waals surface area contributed by atoms with Crippen molar-refractivity contribution >= 4 is 11.9 Å². The smallest absolute Gasteiger partial charge is 0.315 e. The molecule has 2 aromatic carbocycles. The van der Waals surface area contributed by atoms with Crippen molar-refractivity contribution in [2.75, 3.05) is 6.54 Å². The van der Waals surface area contributed by atoms with E-state index < -0.39 is 11.4 Å². The number of aliphatic carboxylic acids is 1. The number of amides is 1. The van der Waals surface area contributed by atoms with Gasteiger partial charge in [-0.3, -0.25) is 9.59 Å². The highest BCUT2D eigenvalue weighted by Gasteiger charge is 2.50. The Balaban J connectivity index is 1.69. The first-order valence-corrected chi connectivity index (χ1v) is 8.57. The van der Waals surface area contributed by atoms with Crippen LogP contribution >= 0.6 is 0 Å². The van der Waals surface area contributed by atoms with E-state index in [9.17, 15) is 14.7 Å². The van der Waals surface area contributed by atoms with Gasteiger partial charge >= 0.3 is 5.97 Å². The van der Waals surface area contributed by atoms with Crippen LogP contribution in [0.2, 0.25) is 0 Å². The molecule has 1 fully saturated rings. The average molecular weight is 337 g/mol. The van der Waals surface area contributed by atoms with E-state index in [0.29, 0.717) is 12.0 Å². The van der Waals surface area contributed by atoms with Crippen molar-refractivity contribution in [3.05, 3.63) is 71.8 Å². The zero-order valence-electron chi connectivity index (χ0n) is 14.4. The summed E-state index contributed by atoms with van der Waals surface area (Å²) in [7, 11) is 0. The van der Waals surface area contributed by atoms with Gasteiger partial charge in [0.25, 0.3) is 0 Å². The lowest BCUT2D eigenvalue weighted by molar-refractivity contribution is -0.143. The Bertz CT molecular complexity index is 753. The maximum Gasteiger partial charge on any atom is 0.315 e. The van der Waals surface area contributed by atoms with Crippen molar-refractivity contribution in [2.45, 2.75) is 31.6 Å². The van der Waals surface area contributed by atoms with Gasteiger partial charge in [0.1, 0.15) is 5.41 Å². The van der Waals surface area contributed by atoms with Crippen LogP contribution in [0.25, 0.3) is 0 Å². The molecule has 1 aliphatic rings. The Morgan fingerprint density at radius 3 is 2.12 bits per heavy atom. The molecule has 1 amide bonds. The molecule has 4 heteroatoms. The van der Waals surface area contributed by atoms with Crippen LogP contribution in [-0.4, -0.2) is 23.5 Å². The van der Waals surface area contributed by atoms with Gasteiger partial charge < -0.3 is 10.4 Å². The van der Waals surface area contributed by atoms with E-state index in [4.69, 9.17) is 0 Å². The quantitative estimate of drug-likeness (QED) is 0.815. The third-order valence-corrected chi connectivity index (χ3v) is 5.21. The Morgan fingerprint density at radius 1 is 1.04 bits per heavy atom. The van der Waals surface area contributed by atoms with Gasteiger partial charge in [-0.1, -0.05) is 60.7 Å². The van der Waals surface area contributed by atoms with E-state index >= 15 is 0 Å². The number of hydrogen-bond donors (Lipinski definition) is 2. The number of rotatable bonds is 7. The van der Waals surface area contributed by atoms with E-state index in [-0.39, 0.29) is 17.9 Å². The molecule has 130 valence electrons. The topological polar surface area (TPSA) is 66.4 Å². The summed E-state index contributed by atoms with van der Waals surface area (Å²) >= 11 is 0. The summed E-state index contributed by atoms with van der Waals surface area (Å²) in [5, 5.41) is 12.6. The van der Waals surface area contributed by atoms with Gasteiger partial charge in [0.2, 0.25) is 5.91 Å². The molecule has 0 heterocycles. The zero-order chi connectivity index (χ0) is 17.9. The molecule has 3 rings (SSSR count). The number of hydrogen-bond acceptors (Lipinski definition) is 2. The van der Waals surface area contributed by atoms with Crippen LogP contribution in [0.15, 0.2) is 60.7 Å². The van der Waals surface area contributed by atoms with Gasteiger partial charge in [-0.25, -0.2) is 0 Å². The molecule has 2 aromatic rings. The summed E-state index contributed by atoms with van der Waals surface area (Å²) in [5.41, 5.74) is 0.312. The highest BCUT2D eigenvalue weighted by atomic mass is 16.4. The normalized spacial score (nSPS) is 17.3. The lowest BCUT2D eigenvalue weighted by Gasteiger charge is -2.27. The van der Waals surface area contributed by atoms with Crippen molar-refractivity contribution < 1.29 is 14.7 Å². The van der Waals surface area contributed by atoms with Crippen LogP contribution < -0.4 is 5.32 Å². The molecule has 0 spiro atoms. The number of carboxylic acids is 1. The van der Waals surface area contributed by atoms with E-state index in [0.717, 1.165) is 18.4 Å². The van der Waals surface area contributed by atoms with Gasteiger partial charge in [-0.05, 0) is 37.3 Å². The van der Waals surface area contributed by atoms with Crippen molar-refractivity contribution in [1.29, 1.82) is 0 Å². The van der Waals surface area contributed by atoms with E-state index in [1.165, 1.54) is 0 Å². The molecule has 1 unspecified atom stereocenters. The third kappa shape index (κ3) is 3.58. The fourth-order valence-corrected chi connectivity index (χ4v) is 3.17. The van der Waals surface area contributed by atoms with Crippen molar-refractivity contribution in [1.82, 2.24) is 5.32 Å². The van der Waals surface area contributed by atoms with E-state index in [1.807, 2.05) is 48.5 Å². The minimum absolute atomic E-state index is 0.0419. The van der Waals surface area contributed by atoms with Crippen LogP contribution in [0.3, 0.4) is 0 Å². The van der Waals surface area contributed by atoms with E-state index in [1.54, 1.807) is 19.1 Å². The first-order valence-electron chi connectivity index (χ1n) is 8.57. The molecule has 0 bridgehead atoms. The Hall–Kier alpha value is -2.62. The van der Waals surface area contributed by atoms with Crippen LogP contribution in [0, 0.1) is 5.41 Å². The fourth-order valence-electron chi connectivity index (χ4n) is 3.17. The first kappa shape index (κ1) is 17.2. The van der Waals surface area contributed by atoms with Gasteiger partial charge in [0.15, 0.2) is 0 Å². The standard InChI is InChI=1S/C21H23NO3/c1-20(19(24)25,17-10-6-3-7-11-17)15-22-18(23)21(12-13-21)14-16-8-4-2-5-9-16/h2-11H,12-15H2,1H3,(H,22,23)(H,24,25). The Labute approximate surface area is 147 Å². The van der Waals surface area contributed by atoms with Crippen LogP contribution in [0.4, 0.5) is 0 Å². The molecule has 0 radical (unpaired) electrons. The Kier molecular flexibility index (Phi) is 4.62. The van der Waals surface area contributed by atoms with Gasteiger partial charge in [-0.2, -0.15) is 0 Å². The largest absolute Gasteiger partial charge is 0.481 e. The molecule has 0 saturated heterocycles. The Morgan fingerprint density at radius 2 is 1.60 bits per heavy atom. The molecular weight excluding hydrogens is 314 g/mol. The summed E-state index contributed by atoms with van der Waals surface area (Å²) in [6, 6.07) is 19.0. The fraction of sp³-hybridized carbons (Fsp3) is 0.333. The third-order valence-electron chi connectivity index (χ3n) is 5.21. The van der Waals surface area contributed by atoms with Crippen molar-refractivity contribution in [3.8, 4) is 0 Å². The summed E-state index contributed by atoms with van der Waals surface area (Å²) in [6.07, 6.45) is 2.40. The van der Waals surface area contributed by atoms with E-state index in [2.05, 4.69) is 5.32 Å². The maximum atomic E-state index is 12.7. The molecule has 25 heavy (non-hydrogen) atoms. The monoisotopic (exact) mass is 337 g/mol. The predicted octanol–water partition coefficient (Wildman–Crippen LogP) is 3.17. The molecule has 2 N–H and O–H groups in total. The maximum absolute atomic E-state index is 12.7. The summed E-state index contributed by atoms with van der Waals surface area (Å²) in [4.78, 5) is 24.6. The lowest BCUT2D eigenvalue weighted by Crippen LogP contribution is -2.46. The number of nitrogens with one attached hydrogen (secondary N) is 1. The summed E-state index contributed by atoms with van der Waals surface area (Å²) < 4.78 is 0. The van der Waals surface area contributed by atoms with Gasteiger partial charge in [0.05, 0.1) is 5.41 Å². The summed E-state index contributed by atoms with van der Waals surface area (Å²) in [5.74, 6) is -0.980. The van der Waals surface area contributed by atoms with Crippen LogP contribution in [0.1, 0.15) is 30.9 Å². The first-order chi connectivity index (χ1) is 12.0. The summed E-state index contributed by atoms with van der Waals surface area (Å²) in [6.45, 7) is 1.74. The number of carbonyl (C=O) groups is 2. The highest BCUT2D eigenvalue weighted by Crippen LogP contribution is 2.48.